The van der Waals surface area contributed by atoms with E-state index in [1.165, 1.54) is 12.3 Å². The third-order valence-electron chi connectivity index (χ3n) is 2.26. The molecular formula is C13H8BrClO3. The largest absolute Gasteiger partial charge is 0.502 e. The summed E-state index contributed by atoms with van der Waals surface area (Å²) in [4.78, 5) is 11.2. The van der Waals surface area contributed by atoms with Crippen LogP contribution in [0, 0.1) is 0 Å². The van der Waals surface area contributed by atoms with Crippen molar-refractivity contribution in [1.29, 1.82) is 0 Å². The van der Waals surface area contributed by atoms with Gasteiger partial charge in [-0.15, -0.1) is 0 Å². The number of hydrogen-bond donors (Lipinski definition) is 1. The first kappa shape index (κ1) is 12.9. The van der Waals surface area contributed by atoms with Crippen LogP contribution in [-0.2, 0) is 0 Å². The molecule has 0 fully saturated rings. The summed E-state index contributed by atoms with van der Waals surface area (Å²) in [5.41, 5.74) is 0.376. The highest BCUT2D eigenvalue weighted by molar-refractivity contribution is 9.10. The Balaban J connectivity index is 2.36. The van der Waals surface area contributed by atoms with Crippen LogP contribution in [0.15, 0.2) is 44.2 Å². The van der Waals surface area contributed by atoms with Crippen LogP contribution in [0.5, 0.6) is 5.75 Å². The topological polar surface area (TPSA) is 50.4 Å². The molecule has 0 spiro atoms. The van der Waals surface area contributed by atoms with Gasteiger partial charge in [-0.25, -0.2) is 0 Å². The average molecular weight is 328 g/mol. The number of halogens is 2. The monoisotopic (exact) mass is 326 g/mol. The molecule has 3 nitrogen and oxygen atoms in total. The molecule has 0 saturated heterocycles. The van der Waals surface area contributed by atoms with E-state index < -0.39 is 11.2 Å². The van der Waals surface area contributed by atoms with Crippen molar-refractivity contribution in [2.45, 2.75) is 0 Å². The summed E-state index contributed by atoms with van der Waals surface area (Å²) in [6, 6.07) is 6.46. The molecule has 92 valence electrons. The van der Waals surface area contributed by atoms with Gasteiger partial charge in [-0.1, -0.05) is 33.6 Å². The average Bonchev–Trinajstić information content (AvgIpc) is 2.33. The van der Waals surface area contributed by atoms with Gasteiger partial charge in [0, 0.05) is 15.6 Å². The molecule has 0 radical (unpaired) electrons. The van der Waals surface area contributed by atoms with Crippen LogP contribution in [0.4, 0.5) is 0 Å². The Labute approximate surface area is 116 Å². The first-order valence-corrected chi connectivity index (χ1v) is 6.19. The summed E-state index contributed by atoms with van der Waals surface area (Å²) in [5, 5.41) is 10.1. The lowest BCUT2D eigenvalue weighted by molar-refractivity contribution is 0.424. The molecule has 1 heterocycles. The van der Waals surface area contributed by atoms with E-state index in [0.717, 1.165) is 16.1 Å². The second-order valence-electron chi connectivity index (χ2n) is 3.50. The van der Waals surface area contributed by atoms with E-state index in [4.69, 9.17) is 16.0 Å². The van der Waals surface area contributed by atoms with Gasteiger partial charge in [-0.3, -0.25) is 4.79 Å². The maximum atomic E-state index is 11.2. The van der Waals surface area contributed by atoms with Crippen molar-refractivity contribution in [3.05, 3.63) is 61.6 Å². The third kappa shape index (κ3) is 2.83. The molecule has 0 saturated carbocycles. The molecule has 1 aromatic carbocycles. The van der Waals surface area contributed by atoms with Crippen molar-refractivity contribution in [3.63, 3.8) is 0 Å². The van der Waals surface area contributed by atoms with Crippen LogP contribution in [0.1, 0.15) is 11.3 Å². The van der Waals surface area contributed by atoms with E-state index in [-0.39, 0.29) is 5.76 Å². The van der Waals surface area contributed by atoms with E-state index in [9.17, 15) is 9.90 Å². The summed E-state index contributed by atoms with van der Waals surface area (Å²) in [7, 11) is 0. The molecule has 18 heavy (non-hydrogen) atoms. The molecular weight excluding hydrogens is 319 g/mol. The molecule has 0 aliphatic carbocycles. The smallest absolute Gasteiger partial charge is 0.227 e. The van der Waals surface area contributed by atoms with Crippen LogP contribution in [0.25, 0.3) is 12.2 Å². The summed E-state index contributed by atoms with van der Waals surface area (Å²) in [5.74, 6) is -0.289. The Morgan fingerprint density at radius 2 is 2.06 bits per heavy atom. The normalized spacial score (nSPS) is 11.0. The zero-order chi connectivity index (χ0) is 13.1. The van der Waals surface area contributed by atoms with E-state index in [1.807, 2.05) is 0 Å². The van der Waals surface area contributed by atoms with E-state index >= 15 is 0 Å². The second kappa shape index (κ2) is 5.42. The maximum absolute atomic E-state index is 11.2. The first-order valence-electron chi connectivity index (χ1n) is 5.02. The fourth-order valence-electron chi connectivity index (χ4n) is 1.35. The maximum Gasteiger partial charge on any atom is 0.227 e. The van der Waals surface area contributed by atoms with E-state index in [1.54, 1.807) is 24.3 Å². The minimum atomic E-state index is -0.476. The van der Waals surface area contributed by atoms with Gasteiger partial charge in [0.2, 0.25) is 11.2 Å². The molecule has 2 rings (SSSR count). The molecule has 1 N–H and O–H groups in total. The lowest BCUT2D eigenvalue weighted by Crippen LogP contribution is -1.97. The molecule has 0 unspecified atom stereocenters. The predicted molar refractivity (Wildman–Crippen MR) is 74.7 cm³/mol. The fourth-order valence-corrected chi connectivity index (χ4v) is 2.16. The van der Waals surface area contributed by atoms with Crippen LogP contribution >= 0.6 is 27.5 Å². The molecule has 1 aromatic heterocycles. The first-order chi connectivity index (χ1) is 8.58. The van der Waals surface area contributed by atoms with Gasteiger partial charge >= 0.3 is 0 Å². The Bertz CT molecular complexity index is 662. The van der Waals surface area contributed by atoms with Crippen LogP contribution in [-0.4, -0.2) is 5.11 Å². The molecule has 5 heteroatoms. The Kier molecular flexibility index (Phi) is 3.89. The highest BCUT2D eigenvalue weighted by atomic mass is 79.9. The number of hydrogen-bond acceptors (Lipinski definition) is 3. The van der Waals surface area contributed by atoms with Gasteiger partial charge in [-0.2, -0.15) is 0 Å². The van der Waals surface area contributed by atoms with Gasteiger partial charge in [0.15, 0.2) is 5.76 Å². The van der Waals surface area contributed by atoms with Crippen molar-refractivity contribution in [1.82, 2.24) is 0 Å². The minimum absolute atomic E-state index is 0.115. The van der Waals surface area contributed by atoms with Gasteiger partial charge in [-0.05, 0) is 29.8 Å². The molecule has 2 aromatic rings. The standard InChI is InChI=1S/C13H8BrClO3/c14-10-7-9(15)3-1-8(10)2-4-12-13(17)11(16)5-6-18-12/h1-7,17H/b4-2+. The summed E-state index contributed by atoms with van der Waals surface area (Å²) in [6.45, 7) is 0. The SMILES string of the molecule is O=c1ccoc(/C=C/c2ccc(Cl)cc2Br)c1O. The van der Waals surface area contributed by atoms with E-state index in [2.05, 4.69) is 15.9 Å². The van der Waals surface area contributed by atoms with E-state index in [0.29, 0.717) is 5.02 Å². The highest BCUT2D eigenvalue weighted by Gasteiger charge is 2.04. The summed E-state index contributed by atoms with van der Waals surface area (Å²) in [6.07, 6.45) is 4.46. The Morgan fingerprint density at radius 1 is 1.28 bits per heavy atom. The third-order valence-corrected chi connectivity index (χ3v) is 3.18. The lowest BCUT2D eigenvalue weighted by Gasteiger charge is -1.99. The molecule has 0 amide bonds. The van der Waals surface area contributed by atoms with Crippen LogP contribution in [0.2, 0.25) is 5.02 Å². The fraction of sp³-hybridized carbons (Fsp3) is 0. The molecule has 0 bridgehead atoms. The van der Waals surface area contributed by atoms with Crippen LogP contribution in [0.3, 0.4) is 0 Å². The van der Waals surface area contributed by atoms with Crippen molar-refractivity contribution >= 4 is 39.7 Å². The van der Waals surface area contributed by atoms with Crippen LogP contribution < -0.4 is 5.43 Å². The molecule has 0 aliphatic rings. The number of rotatable bonds is 2. The minimum Gasteiger partial charge on any atom is -0.502 e. The Morgan fingerprint density at radius 3 is 2.78 bits per heavy atom. The van der Waals surface area contributed by atoms with Gasteiger partial charge in [0.1, 0.15) is 0 Å². The number of benzene rings is 1. The quantitative estimate of drug-likeness (QED) is 0.909. The van der Waals surface area contributed by atoms with Crippen molar-refractivity contribution in [2.24, 2.45) is 0 Å². The summed E-state index contributed by atoms with van der Waals surface area (Å²) >= 11 is 9.19. The van der Waals surface area contributed by atoms with Gasteiger partial charge in [0.05, 0.1) is 6.26 Å². The van der Waals surface area contributed by atoms with Crippen molar-refractivity contribution in [2.75, 3.05) is 0 Å². The molecule has 0 atom stereocenters. The summed E-state index contributed by atoms with van der Waals surface area (Å²) < 4.78 is 5.86. The number of aromatic hydroxyl groups is 1. The van der Waals surface area contributed by atoms with Crippen molar-refractivity contribution < 1.29 is 9.52 Å². The predicted octanol–water partition coefficient (Wildman–Crippen LogP) is 3.93. The molecule has 0 aliphatic heterocycles. The highest BCUT2D eigenvalue weighted by Crippen LogP contribution is 2.24. The zero-order valence-corrected chi connectivity index (χ0v) is 11.4. The second-order valence-corrected chi connectivity index (χ2v) is 4.79. The van der Waals surface area contributed by atoms with Crippen molar-refractivity contribution in [3.8, 4) is 5.75 Å². The van der Waals surface area contributed by atoms with Gasteiger partial charge < -0.3 is 9.52 Å². The van der Waals surface area contributed by atoms with Gasteiger partial charge in [0.25, 0.3) is 0 Å². The lowest BCUT2D eigenvalue weighted by atomic mass is 10.2. The Hall–Kier alpha value is -1.52. The zero-order valence-electron chi connectivity index (χ0n) is 9.06.